The molecule has 0 spiro atoms. The molecule has 1 N–H and O–H groups in total. The average molecular weight is 400 g/mol. The smallest absolute Gasteiger partial charge is 0.160 e. The topological polar surface area (TPSA) is 58.9 Å². The number of para-hydroxylation sites is 1. The highest BCUT2D eigenvalue weighted by Crippen LogP contribution is 2.54. The van der Waals surface area contributed by atoms with Crippen LogP contribution < -0.4 is 0 Å². The molecule has 0 saturated heterocycles. The quantitative estimate of drug-likeness (QED) is 0.645. The minimum Gasteiger partial charge on any atom is -0.393 e. The van der Waals surface area contributed by atoms with Gasteiger partial charge in [-0.15, -0.1) is 0 Å². The van der Waals surface area contributed by atoms with Gasteiger partial charge in [0.15, 0.2) is 5.82 Å². The molecule has 0 radical (unpaired) electrons. The molecule has 154 valence electrons. The first-order valence-electron chi connectivity index (χ1n) is 11.5. The van der Waals surface area contributed by atoms with Crippen LogP contribution in [0.25, 0.3) is 22.3 Å². The summed E-state index contributed by atoms with van der Waals surface area (Å²) in [5, 5.41) is 11.7. The van der Waals surface area contributed by atoms with Crippen LogP contribution in [-0.4, -0.2) is 26.2 Å². The summed E-state index contributed by atoms with van der Waals surface area (Å²) in [6, 6.07) is 10.3. The van der Waals surface area contributed by atoms with Crippen LogP contribution in [0.1, 0.15) is 68.8 Å². The number of aliphatic hydroxyl groups excluding tert-OH is 1. The van der Waals surface area contributed by atoms with E-state index >= 15 is 0 Å². The summed E-state index contributed by atoms with van der Waals surface area (Å²) in [5.41, 5.74) is 6.08. The van der Waals surface area contributed by atoms with E-state index in [4.69, 9.17) is 9.97 Å². The van der Waals surface area contributed by atoms with E-state index in [1.54, 1.807) is 0 Å². The maximum Gasteiger partial charge on any atom is 0.160 e. The fraction of sp³-hybridized carbons (Fsp3) is 0.500. The molecule has 2 fully saturated rings. The number of hydrogen-bond acceptors (Lipinski definition) is 4. The lowest BCUT2D eigenvalue weighted by Crippen LogP contribution is -2.49. The number of rotatable bonds is 2. The lowest BCUT2D eigenvalue weighted by Gasteiger charge is -2.50. The monoisotopic (exact) mass is 399 g/mol. The predicted molar refractivity (Wildman–Crippen MR) is 118 cm³/mol. The molecule has 2 aromatic heterocycles. The Morgan fingerprint density at radius 1 is 1.03 bits per heavy atom. The van der Waals surface area contributed by atoms with Crippen LogP contribution in [0.5, 0.6) is 0 Å². The fourth-order valence-corrected chi connectivity index (χ4v) is 6.25. The van der Waals surface area contributed by atoms with Gasteiger partial charge in [0.05, 0.1) is 23.0 Å². The molecule has 0 amide bonds. The Kier molecular flexibility index (Phi) is 4.05. The zero-order valence-corrected chi connectivity index (χ0v) is 17.8. The molecule has 3 aromatic rings. The summed E-state index contributed by atoms with van der Waals surface area (Å²) in [6.45, 7) is 4.63. The Morgan fingerprint density at radius 2 is 1.87 bits per heavy atom. The Morgan fingerprint density at radius 3 is 2.70 bits per heavy atom. The van der Waals surface area contributed by atoms with Crippen LogP contribution in [-0.2, 0) is 11.8 Å². The van der Waals surface area contributed by atoms with Crippen molar-refractivity contribution in [3.63, 3.8) is 0 Å². The second kappa shape index (κ2) is 6.58. The van der Waals surface area contributed by atoms with Crippen molar-refractivity contribution < 1.29 is 5.11 Å². The number of aliphatic hydroxyl groups is 1. The van der Waals surface area contributed by atoms with Gasteiger partial charge in [0, 0.05) is 28.5 Å². The summed E-state index contributed by atoms with van der Waals surface area (Å²) < 4.78 is 0. The molecule has 4 nitrogen and oxygen atoms in total. The van der Waals surface area contributed by atoms with Gasteiger partial charge in [0.25, 0.3) is 0 Å². The van der Waals surface area contributed by atoms with Crippen molar-refractivity contribution in [2.24, 2.45) is 11.8 Å². The summed E-state index contributed by atoms with van der Waals surface area (Å²) in [4.78, 5) is 15.0. The molecule has 1 aromatic carbocycles. The minimum absolute atomic E-state index is 0.0242. The maximum absolute atomic E-state index is 10.5. The Hall–Kier alpha value is -2.33. The first kappa shape index (κ1) is 18.4. The first-order chi connectivity index (χ1) is 14.6. The van der Waals surface area contributed by atoms with Crippen LogP contribution in [0.3, 0.4) is 0 Å². The van der Waals surface area contributed by atoms with Gasteiger partial charge in [-0.05, 0) is 68.1 Å². The fourth-order valence-electron chi connectivity index (χ4n) is 6.25. The second-order valence-electron chi connectivity index (χ2n) is 9.94. The van der Waals surface area contributed by atoms with E-state index in [0.717, 1.165) is 48.0 Å². The molecule has 0 aliphatic heterocycles. The van der Waals surface area contributed by atoms with Gasteiger partial charge >= 0.3 is 0 Å². The molecular weight excluding hydrogens is 370 g/mol. The summed E-state index contributed by atoms with van der Waals surface area (Å²) in [6.07, 6.45) is 8.25. The van der Waals surface area contributed by atoms with Crippen molar-refractivity contribution in [1.29, 1.82) is 0 Å². The minimum atomic E-state index is -0.182. The number of benzene rings is 1. The largest absolute Gasteiger partial charge is 0.393 e. The van der Waals surface area contributed by atoms with E-state index in [1.807, 2.05) is 12.3 Å². The third kappa shape index (κ3) is 2.66. The zero-order chi connectivity index (χ0) is 20.5. The molecule has 2 heterocycles. The van der Waals surface area contributed by atoms with Crippen molar-refractivity contribution in [1.82, 2.24) is 15.0 Å². The Bertz CT molecular complexity index is 1130. The average Bonchev–Trinajstić information content (AvgIpc) is 3.61. The first-order valence-corrected chi connectivity index (χ1v) is 11.5. The maximum atomic E-state index is 10.5. The van der Waals surface area contributed by atoms with Crippen LogP contribution in [0, 0.1) is 11.8 Å². The van der Waals surface area contributed by atoms with Gasteiger partial charge in [0.1, 0.15) is 0 Å². The van der Waals surface area contributed by atoms with Crippen molar-refractivity contribution in [3.05, 3.63) is 53.5 Å². The van der Waals surface area contributed by atoms with Crippen molar-refractivity contribution in [3.8, 4) is 11.4 Å². The van der Waals surface area contributed by atoms with Gasteiger partial charge in [-0.1, -0.05) is 32.0 Å². The van der Waals surface area contributed by atoms with E-state index in [9.17, 15) is 5.11 Å². The van der Waals surface area contributed by atoms with Crippen LogP contribution >= 0.6 is 0 Å². The number of hydrogen-bond donors (Lipinski definition) is 1. The van der Waals surface area contributed by atoms with Crippen LogP contribution in [0.4, 0.5) is 0 Å². The molecule has 4 heteroatoms. The lowest BCUT2D eigenvalue weighted by atomic mass is 9.55. The van der Waals surface area contributed by atoms with Crippen LogP contribution in [0.15, 0.2) is 36.5 Å². The molecule has 0 bridgehead atoms. The van der Waals surface area contributed by atoms with E-state index in [1.165, 1.54) is 29.8 Å². The Labute approximate surface area is 177 Å². The van der Waals surface area contributed by atoms with Crippen LogP contribution in [0.2, 0.25) is 0 Å². The third-order valence-electron chi connectivity index (χ3n) is 8.16. The van der Waals surface area contributed by atoms with Crippen molar-refractivity contribution >= 4 is 10.9 Å². The lowest BCUT2D eigenvalue weighted by molar-refractivity contribution is -0.00887. The van der Waals surface area contributed by atoms with E-state index < -0.39 is 0 Å². The zero-order valence-electron chi connectivity index (χ0n) is 17.8. The van der Waals surface area contributed by atoms with Gasteiger partial charge in [-0.3, -0.25) is 4.98 Å². The summed E-state index contributed by atoms with van der Waals surface area (Å²) >= 11 is 0. The number of fused-ring (bicyclic) bond motifs is 4. The van der Waals surface area contributed by atoms with E-state index in [-0.39, 0.29) is 11.5 Å². The normalized spacial score (nSPS) is 30.7. The third-order valence-corrected chi connectivity index (χ3v) is 8.16. The van der Waals surface area contributed by atoms with Gasteiger partial charge in [-0.2, -0.15) is 0 Å². The highest BCUT2D eigenvalue weighted by molar-refractivity contribution is 5.92. The van der Waals surface area contributed by atoms with E-state index in [2.05, 4.69) is 43.1 Å². The molecule has 3 aliphatic rings. The molecular formula is C26H29N3O. The SMILES string of the molecule is C[C@H]1C(O)CC[C@@]2(C)c3nc(-c4ccnc5ccccc45)nc(C4CC4)c3CC[C@H]12. The molecule has 2 saturated carbocycles. The Balaban J connectivity index is 1.58. The molecule has 6 rings (SSSR count). The number of aromatic nitrogens is 3. The number of nitrogens with zero attached hydrogens (tertiary/aromatic N) is 3. The predicted octanol–water partition coefficient (Wildman–Crippen LogP) is 5.18. The summed E-state index contributed by atoms with van der Waals surface area (Å²) in [7, 11) is 0. The van der Waals surface area contributed by atoms with Gasteiger partial charge in [0.2, 0.25) is 0 Å². The van der Waals surface area contributed by atoms with Gasteiger partial charge in [-0.25, -0.2) is 9.97 Å². The molecule has 30 heavy (non-hydrogen) atoms. The van der Waals surface area contributed by atoms with Gasteiger partial charge < -0.3 is 5.11 Å². The second-order valence-corrected chi connectivity index (χ2v) is 9.94. The molecule has 1 unspecified atom stereocenters. The number of pyridine rings is 1. The summed E-state index contributed by atoms with van der Waals surface area (Å²) in [5.74, 6) is 2.26. The standard InChI is InChI=1S/C26H29N3O/c1-15-20-10-9-19-23(16-7-8-16)28-25(29-24(19)26(20,2)13-11-22(15)30)18-12-14-27-21-6-4-3-5-17(18)21/h3-6,12,14-16,20,22,30H,7-11,13H2,1-2H3/t15-,20-,22?,26-/m1/s1. The van der Waals surface area contributed by atoms with Crippen molar-refractivity contribution in [2.45, 2.75) is 69.8 Å². The molecule has 4 atom stereocenters. The highest BCUT2D eigenvalue weighted by Gasteiger charge is 2.50. The van der Waals surface area contributed by atoms with Crippen molar-refractivity contribution in [2.75, 3.05) is 0 Å². The highest BCUT2D eigenvalue weighted by atomic mass is 16.3. The van der Waals surface area contributed by atoms with E-state index in [0.29, 0.717) is 17.8 Å². The molecule has 3 aliphatic carbocycles.